The van der Waals surface area contributed by atoms with Crippen molar-refractivity contribution >= 4 is 5.91 Å². The van der Waals surface area contributed by atoms with Crippen molar-refractivity contribution in [3.05, 3.63) is 23.8 Å². The van der Waals surface area contributed by atoms with Gasteiger partial charge in [0.2, 0.25) is 12.7 Å². The first-order chi connectivity index (χ1) is 9.14. The van der Waals surface area contributed by atoms with Crippen LogP contribution < -0.4 is 9.47 Å². The first kappa shape index (κ1) is 11.1. The molecule has 100 valence electrons. The SMILES string of the molecule is CC12CC1CN(C(=O)Cc1ccc3c(c1)OCO3)C2. The topological polar surface area (TPSA) is 38.8 Å². The van der Waals surface area contributed by atoms with Crippen LogP contribution in [0.15, 0.2) is 18.2 Å². The molecule has 2 aliphatic heterocycles. The van der Waals surface area contributed by atoms with Crippen molar-refractivity contribution in [1.29, 1.82) is 0 Å². The van der Waals surface area contributed by atoms with E-state index in [0.29, 0.717) is 11.8 Å². The Kier molecular flexibility index (Phi) is 2.14. The number of fused-ring (bicyclic) bond motifs is 2. The molecule has 2 fully saturated rings. The van der Waals surface area contributed by atoms with Crippen LogP contribution in [-0.4, -0.2) is 30.7 Å². The molecule has 4 nitrogen and oxygen atoms in total. The molecule has 1 saturated heterocycles. The highest BCUT2D eigenvalue weighted by atomic mass is 16.7. The van der Waals surface area contributed by atoms with Crippen LogP contribution in [0.5, 0.6) is 11.5 Å². The summed E-state index contributed by atoms with van der Waals surface area (Å²) < 4.78 is 10.6. The minimum Gasteiger partial charge on any atom is -0.454 e. The quantitative estimate of drug-likeness (QED) is 0.813. The number of hydrogen-bond acceptors (Lipinski definition) is 3. The average Bonchev–Trinajstić information content (AvgIpc) is 2.79. The molecule has 2 atom stereocenters. The molecule has 1 aromatic rings. The Hall–Kier alpha value is -1.71. The third-order valence-corrected chi connectivity index (χ3v) is 4.68. The molecule has 1 aromatic carbocycles. The summed E-state index contributed by atoms with van der Waals surface area (Å²) in [4.78, 5) is 14.3. The Bertz CT molecular complexity index is 556. The molecule has 2 heterocycles. The molecule has 0 N–H and O–H groups in total. The molecule has 2 unspecified atom stereocenters. The maximum absolute atomic E-state index is 12.3. The van der Waals surface area contributed by atoms with E-state index in [1.165, 1.54) is 6.42 Å². The van der Waals surface area contributed by atoms with Crippen LogP contribution in [0.4, 0.5) is 0 Å². The van der Waals surface area contributed by atoms with E-state index >= 15 is 0 Å². The summed E-state index contributed by atoms with van der Waals surface area (Å²) >= 11 is 0. The molecule has 4 rings (SSSR count). The first-order valence-corrected chi connectivity index (χ1v) is 6.80. The van der Waals surface area contributed by atoms with Crippen molar-refractivity contribution in [2.75, 3.05) is 19.9 Å². The Labute approximate surface area is 112 Å². The van der Waals surface area contributed by atoms with Crippen molar-refractivity contribution in [3.63, 3.8) is 0 Å². The van der Waals surface area contributed by atoms with E-state index in [9.17, 15) is 4.79 Å². The highest BCUT2D eigenvalue weighted by Crippen LogP contribution is 2.57. The van der Waals surface area contributed by atoms with Gasteiger partial charge in [-0.25, -0.2) is 0 Å². The zero-order valence-electron chi connectivity index (χ0n) is 11.0. The molecule has 0 spiro atoms. The summed E-state index contributed by atoms with van der Waals surface area (Å²) in [5, 5.41) is 0. The summed E-state index contributed by atoms with van der Waals surface area (Å²) in [6.07, 6.45) is 1.75. The van der Waals surface area contributed by atoms with Crippen LogP contribution in [-0.2, 0) is 11.2 Å². The number of carbonyl (C=O) groups excluding carboxylic acids is 1. The highest BCUT2D eigenvalue weighted by molar-refractivity contribution is 5.79. The van der Waals surface area contributed by atoms with Crippen molar-refractivity contribution in [2.45, 2.75) is 19.8 Å². The monoisotopic (exact) mass is 259 g/mol. The van der Waals surface area contributed by atoms with Crippen LogP contribution in [0.25, 0.3) is 0 Å². The van der Waals surface area contributed by atoms with Crippen molar-refractivity contribution in [3.8, 4) is 11.5 Å². The maximum Gasteiger partial charge on any atom is 0.231 e. The zero-order valence-corrected chi connectivity index (χ0v) is 11.0. The second-order valence-corrected chi connectivity index (χ2v) is 6.19. The number of ether oxygens (including phenoxy) is 2. The van der Waals surface area contributed by atoms with Gasteiger partial charge < -0.3 is 14.4 Å². The van der Waals surface area contributed by atoms with Gasteiger partial charge in [0.05, 0.1) is 6.42 Å². The van der Waals surface area contributed by atoms with Crippen LogP contribution >= 0.6 is 0 Å². The molecule has 0 radical (unpaired) electrons. The van der Waals surface area contributed by atoms with Crippen LogP contribution in [0.1, 0.15) is 18.9 Å². The number of rotatable bonds is 2. The Morgan fingerprint density at radius 2 is 2.26 bits per heavy atom. The summed E-state index contributed by atoms with van der Waals surface area (Å²) in [6, 6.07) is 5.75. The van der Waals surface area contributed by atoms with E-state index in [0.717, 1.165) is 36.1 Å². The van der Waals surface area contributed by atoms with E-state index in [4.69, 9.17) is 9.47 Å². The first-order valence-electron chi connectivity index (χ1n) is 6.80. The molecule has 19 heavy (non-hydrogen) atoms. The fourth-order valence-electron chi connectivity index (χ4n) is 3.28. The summed E-state index contributed by atoms with van der Waals surface area (Å²) in [6.45, 7) is 4.44. The van der Waals surface area contributed by atoms with Gasteiger partial charge in [-0.05, 0) is 35.4 Å². The average molecular weight is 259 g/mol. The molecule has 1 amide bonds. The van der Waals surface area contributed by atoms with Crippen molar-refractivity contribution in [2.24, 2.45) is 11.3 Å². The van der Waals surface area contributed by atoms with Crippen LogP contribution in [0.3, 0.4) is 0 Å². The van der Waals surface area contributed by atoms with Gasteiger partial charge in [0, 0.05) is 13.1 Å². The summed E-state index contributed by atoms with van der Waals surface area (Å²) in [5.41, 5.74) is 1.42. The standard InChI is InChI=1S/C15H17NO3/c1-15-6-11(15)7-16(8-15)14(17)5-10-2-3-12-13(4-10)19-9-18-12/h2-4,11H,5-9H2,1H3. The number of nitrogens with zero attached hydrogens (tertiary/aromatic N) is 1. The maximum atomic E-state index is 12.3. The number of carbonyl (C=O) groups is 1. The van der Waals surface area contributed by atoms with Crippen LogP contribution in [0, 0.1) is 11.3 Å². The second-order valence-electron chi connectivity index (χ2n) is 6.19. The largest absolute Gasteiger partial charge is 0.454 e. The lowest BCUT2D eigenvalue weighted by Gasteiger charge is -2.19. The van der Waals surface area contributed by atoms with E-state index in [1.807, 2.05) is 23.1 Å². The number of likely N-dealkylation sites (tertiary alicyclic amines) is 1. The van der Waals surface area contributed by atoms with E-state index in [2.05, 4.69) is 6.92 Å². The van der Waals surface area contributed by atoms with Crippen molar-refractivity contribution in [1.82, 2.24) is 4.90 Å². The predicted octanol–water partition coefficient (Wildman–Crippen LogP) is 1.83. The minimum absolute atomic E-state index is 0.229. The molecule has 1 aliphatic carbocycles. The Balaban J connectivity index is 1.45. The molecule has 4 heteroatoms. The molecular formula is C15H17NO3. The molecular weight excluding hydrogens is 242 g/mol. The summed E-state index contributed by atoms with van der Waals surface area (Å²) in [5.74, 6) is 2.49. The lowest BCUT2D eigenvalue weighted by Crippen LogP contribution is -2.32. The van der Waals surface area contributed by atoms with Crippen LogP contribution in [0.2, 0.25) is 0 Å². The van der Waals surface area contributed by atoms with E-state index in [1.54, 1.807) is 0 Å². The predicted molar refractivity (Wildman–Crippen MR) is 69.1 cm³/mol. The number of piperidine rings is 1. The van der Waals surface area contributed by atoms with Gasteiger partial charge in [0.15, 0.2) is 11.5 Å². The fourth-order valence-corrected chi connectivity index (χ4v) is 3.28. The van der Waals surface area contributed by atoms with E-state index in [-0.39, 0.29) is 12.7 Å². The zero-order chi connectivity index (χ0) is 13.0. The second kappa shape index (κ2) is 3.65. The Morgan fingerprint density at radius 3 is 3.05 bits per heavy atom. The number of amides is 1. The molecule has 0 bridgehead atoms. The lowest BCUT2D eigenvalue weighted by atomic mass is 10.1. The van der Waals surface area contributed by atoms with Gasteiger partial charge in [0.1, 0.15) is 0 Å². The third kappa shape index (κ3) is 1.78. The highest BCUT2D eigenvalue weighted by Gasteiger charge is 2.57. The number of benzene rings is 1. The molecule has 0 aromatic heterocycles. The van der Waals surface area contributed by atoms with Gasteiger partial charge in [-0.3, -0.25) is 4.79 Å². The van der Waals surface area contributed by atoms with Gasteiger partial charge in [0.25, 0.3) is 0 Å². The summed E-state index contributed by atoms with van der Waals surface area (Å²) in [7, 11) is 0. The minimum atomic E-state index is 0.229. The van der Waals surface area contributed by atoms with E-state index < -0.39 is 0 Å². The van der Waals surface area contributed by atoms with Crippen molar-refractivity contribution < 1.29 is 14.3 Å². The normalized spacial score (nSPS) is 30.4. The number of hydrogen-bond donors (Lipinski definition) is 0. The lowest BCUT2D eigenvalue weighted by molar-refractivity contribution is -0.130. The van der Waals surface area contributed by atoms with Gasteiger partial charge in [-0.2, -0.15) is 0 Å². The smallest absolute Gasteiger partial charge is 0.231 e. The van der Waals surface area contributed by atoms with Gasteiger partial charge in [-0.15, -0.1) is 0 Å². The third-order valence-electron chi connectivity index (χ3n) is 4.68. The molecule has 3 aliphatic rings. The molecule has 1 saturated carbocycles. The Morgan fingerprint density at radius 1 is 1.42 bits per heavy atom. The fraction of sp³-hybridized carbons (Fsp3) is 0.533. The van der Waals surface area contributed by atoms with Gasteiger partial charge >= 0.3 is 0 Å². The van der Waals surface area contributed by atoms with Gasteiger partial charge in [-0.1, -0.05) is 13.0 Å².